The van der Waals surface area contributed by atoms with Gasteiger partial charge in [-0.15, -0.1) is 10.2 Å². The van der Waals surface area contributed by atoms with Crippen LogP contribution in [0.15, 0.2) is 41.8 Å². The molecule has 0 saturated heterocycles. The van der Waals surface area contributed by atoms with E-state index < -0.39 is 4.92 Å². The quantitative estimate of drug-likeness (QED) is 0.307. The van der Waals surface area contributed by atoms with Crippen molar-refractivity contribution < 1.29 is 4.92 Å². The van der Waals surface area contributed by atoms with Crippen LogP contribution in [0.2, 0.25) is 0 Å². The first kappa shape index (κ1) is 19.9. The smallest absolute Gasteiger partial charge is 0.307 e. The predicted molar refractivity (Wildman–Crippen MR) is 109 cm³/mol. The van der Waals surface area contributed by atoms with Crippen molar-refractivity contribution in [2.75, 3.05) is 18.0 Å². The van der Waals surface area contributed by atoms with E-state index in [4.69, 9.17) is 0 Å². The highest BCUT2D eigenvalue weighted by atomic mass is 32.2. The van der Waals surface area contributed by atoms with E-state index in [0.717, 1.165) is 36.2 Å². The maximum atomic E-state index is 10.8. The lowest BCUT2D eigenvalue weighted by molar-refractivity contribution is -0.385. The number of thioether (sulfide) groups is 1. The Morgan fingerprint density at radius 2 is 1.86 bits per heavy atom. The summed E-state index contributed by atoms with van der Waals surface area (Å²) in [5.74, 6) is 1.23. The molecule has 3 rings (SSSR count). The van der Waals surface area contributed by atoms with Gasteiger partial charge >= 0.3 is 5.69 Å². The molecule has 2 aromatic heterocycles. The Balaban J connectivity index is 1.76. The molecule has 3 aromatic rings. The number of hydrogen-bond acceptors (Lipinski definition) is 7. The van der Waals surface area contributed by atoms with E-state index in [2.05, 4.69) is 58.3 Å². The van der Waals surface area contributed by atoms with Gasteiger partial charge in [-0.25, -0.2) is 0 Å². The zero-order valence-electron chi connectivity index (χ0n) is 16.1. The first-order valence-electron chi connectivity index (χ1n) is 9.15. The lowest BCUT2D eigenvalue weighted by Crippen LogP contribution is -2.21. The Kier molecular flexibility index (Phi) is 6.30. The second-order valence-corrected chi connectivity index (χ2v) is 6.95. The summed E-state index contributed by atoms with van der Waals surface area (Å²) in [7, 11) is 0. The molecule has 9 nitrogen and oxygen atoms in total. The van der Waals surface area contributed by atoms with Crippen molar-refractivity contribution in [3.8, 4) is 11.4 Å². The molecule has 0 unspecified atom stereocenters. The number of hydrogen-bond donors (Lipinski definition) is 0. The van der Waals surface area contributed by atoms with E-state index in [1.807, 2.05) is 11.5 Å². The van der Waals surface area contributed by atoms with Crippen LogP contribution in [0.1, 0.15) is 20.8 Å². The molecule has 0 saturated carbocycles. The molecule has 0 aliphatic rings. The van der Waals surface area contributed by atoms with Crippen LogP contribution in [0.25, 0.3) is 11.4 Å². The van der Waals surface area contributed by atoms with Crippen LogP contribution in [-0.2, 0) is 12.4 Å². The minimum Gasteiger partial charge on any atom is -0.372 e. The van der Waals surface area contributed by atoms with Gasteiger partial charge in [-0.1, -0.05) is 11.8 Å². The molecule has 2 heterocycles. The lowest BCUT2D eigenvalue weighted by atomic mass is 10.2. The van der Waals surface area contributed by atoms with Gasteiger partial charge in [0.15, 0.2) is 11.0 Å². The number of aromatic nitrogens is 5. The van der Waals surface area contributed by atoms with Crippen LogP contribution in [0, 0.1) is 10.1 Å². The number of anilines is 1. The number of rotatable bonds is 9. The fourth-order valence-electron chi connectivity index (χ4n) is 2.95. The van der Waals surface area contributed by atoms with Crippen molar-refractivity contribution in [3.63, 3.8) is 0 Å². The Morgan fingerprint density at radius 1 is 1.14 bits per heavy atom. The van der Waals surface area contributed by atoms with E-state index in [0.29, 0.717) is 5.88 Å². The second-order valence-electron chi connectivity index (χ2n) is 6.04. The lowest BCUT2D eigenvalue weighted by Gasteiger charge is -2.21. The molecule has 0 aliphatic heterocycles. The van der Waals surface area contributed by atoms with Crippen molar-refractivity contribution >= 4 is 23.1 Å². The fourth-order valence-corrected chi connectivity index (χ4v) is 3.80. The van der Waals surface area contributed by atoms with Crippen LogP contribution in [0.5, 0.6) is 0 Å². The summed E-state index contributed by atoms with van der Waals surface area (Å²) < 4.78 is 3.56. The normalized spacial score (nSPS) is 11.0. The number of nitrogens with zero attached hydrogens (tertiary/aromatic N) is 7. The predicted octanol–water partition coefficient (Wildman–Crippen LogP) is 3.67. The summed E-state index contributed by atoms with van der Waals surface area (Å²) in [6.07, 6.45) is 2.65. The van der Waals surface area contributed by atoms with Gasteiger partial charge in [-0.3, -0.25) is 14.8 Å². The topological polar surface area (TPSA) is 94.9 Å². The molecule has 0 amide bonds. The standard InChI is InChI=1S/C18H23N7O2S/c1-4-22(5-2)15-9-7-14(8-10-15)17-20-21-18(24(17)6-3)28-13-23-12-16(11-19-23)25(26)27/h7-12H,4-6,13H2,1-3H3. The van der Waals surface area contributed by atoms with Crippen molar-refractivity contribution in [1.82, 2.24) is 24.5 Å². The molecule has 0 aliphatic carbocycles. The summed E-state index contributed by atoms with van der Waals surface area (Å²) in [5.41, 5.74) is 2.17. The zero-order valence-corrected chi connectivity index (χ0v) is 17.0. The molecule has 0 bridgehead atoms. The summed E-state index contributed by atoms with van der Waals surface area (Å²) >= 11 is 1.44. The van der Waals surface area contributed by atoms with Crippen molar-refractivity contribution in [2.24, 2.45) is 0 Å². The van der Waals surface area contributed by atoms with Gasteiger partial charge < -0.3 is 9.47 Å². The molecule has 0 spiro atoms. The fraction of sp³-hybridized carbons (Fsp3) is 0.389. The van der Waals surface area contributed by atoms with Crippen molar-refractivity contribution in [1.29, 1.82) is 0 Å². The van der Waals surface area contributed by atoms with E-state index in [9.17, 15) is 10.1 Å². The van der Waals surface area contributed by atoms with Crippen LogP contribution in [-0.4, -0.2) is 42.6 Å². The molecule has 0 fully saturated rings. The molecule has 1 aromatic carbocycles. The van der Waals surface area contributed by atoms with E-state index in [1.54, 1.807) is 0 Å². The SMILES string of the molecule is CCN(CC)c1ccc(-c2nnc(SCn3cc([N+](=O)[O-])cn3)n2CC)cc1. The Hall–Kier alpha value is -2.88. The van der Waals surface area contributed by atoms with Gasteiger partial charge in [0.25, 0.3) is 0 Å². The third-order valence-corrected chi connectivity index (χ3v) is 5.40. The summed E-state index contributed by atoms with van der Waals surface area (Å²) in [4.78, 5) is 12.6. The molecule has 28 heavy (non-hydrogen) atoms. The molecular formula is C18H23N7O2S. The monoisotopic (exact) mass is 401 g/mol. The minimum atomic E-state index is -0.456. The van der Waals surface area contributed by atoms with Crippen LogP contribution in [0.3, 0.4) is 0 Å². The Morgan fingerprint density at radius 3 is 2.43 bits per heavy atom. The highest BCUT2D eigenvalue weighted by molar-refractivity contribution is 7.98. The van der Waals surface area contributed by atoms with Gasteiger partial charge in [0, 0.05) is 30.9 Å². The Labute approximate surface area is 167 Å². The third-order valence-electron chi connectivity index (χ3n) is 4.44. The average Bonchev–Trinajstić information content (AvgIpc) is 3.34. The number of benzene rings is 1. The van der Waals surface area contributed by atoms with Gasteiger partial charge in [0.2, 0.25) is 0 Å². The molecule has 0 radical (unpaired) electrons. The molecule has 0 atom stereocenters. The van der Waals surface area contributed by atoms with Gasteiger partial charge in [0.05, 0.1) is 10.8 Å². The van der Waals surface area contributed by atoms with Crippen LogP contribution in [0.4, 0.5) is 11.4 Å². The third kappa shape index (κ3) is 4.16. The average molecular weight is 401 g/mol. The van der Waals surface area contributed by atoms with Gasteiger partial charge in [-0.2, -0.15) is 5.10 Å². The maximum absolute atomic E-state index is 10.8. The highest BCUT2D eigenvalue weighted by Crippen LogP contribution is 2.27. The van der Waals surface area contributed by atoms with E-state index in [1.165, 1.54) is 34.5 Å². The van der Waals surface area contributed by atoms with E-state index in [-0.39, 0.29) is 5.69 Å². The van der Waals surface area contributed by atoms with Crippen LogP contribution >= 0.6 is 11.8 Å². The summed E-state index contributed by atoms with van der Waals surface area (Å²) in [6.45, 7) is 8.98. The maximum Gasteiger partial charge on any atom is 0.307 e. The minimum absolute atomic E-state index is 0.0217. The van der Waals surface area contributed by atoms with Gasteiger partial charge in [-0.05, 0) is 45.0 Å². The first-order valence-corrected chi connectivity index (χ1v) is 10.1. The molecule has 10 heteroatoms. The summed E-state index contributed by atoms with van der Waals surface area (Å²) in [6, 6.07) is 8.34. The van der Waals surface area contributed by atoms with Crippen LogP contribution < -0.4 is 4.90 Å². The highest BCUT2D eigenvalue weighted by Gasteiger charge is 2.15. The van der Waals surface area contributed by atoms with Crippen molar-refractivity contribution in [2.45, 2.75) is 38.3 Å². The molecule has 0 N–H and O–H groups in total. The first-order chi connectivity index (χ1) is 13.6. The molecule has 148 valence electrons. The molecular weight excluding hydrogens is 378 g/mol. The zero-order chi connectivity index (χ0) is 20.1. The second kappa shape index (κ2) is 8.87. The van der Waals surface area contributed by atoms with Crippen molar-refractivity contribution in [3.05, 3.63) is 46.8 Å². The summed E-state index contributed by atoms with van der Waals surface area (Å²) in [5, 5.41) is 24.2. The number of nitro groups is 1. The largest absolute Gasteiger partial charge is 0.372 e. The van der Waals surface area contributed by atoms with E-state index >= 15 is 0 Å². The van der Waals surface area contributed by atoms with Gasteiger partial charge in [0.1, 0.15) is 12.4 Å². The Bertz CT molecular complexity index is 932.